The average molecular weight is 400 g/mol. The Bertz CT molecular complexity index is 1000. The van der Waals surface area contributed by atoms with E-state index in [1.165, 1.54) is 34.2 Å². The predicted molar refractivity (Wildman–Crippen MR) is 116 cm³/mol. The molecule has 1 N–H and O–H groups in total. The molecular formula is C21H25N3OS2. The molecule has 3 aromatic rings. The van der Waals surface area contributed by atoms with Crippen LogP contribution in [0.4, 0.5) is 5.13 Å². The number of carbonyl (C=O) groups excluding carboxylic acids is 1. The number of anilines is 1. The highest BCUT2D eigenvalue weighted by Gasteiger charge is 2.18. The number of fused-ring (bicyclic) bond motifs is 1. The molecule has 0 bridgehead atoms. The lowest BCUT2D eigenvalue weighted by Crippen LogP contribution is -2.15. The Morgan fingerprint density at radius 2 is 1.89 bits per heavy atom. The summed E-state index contributed by atoms with van der Waals surface area (Å²) in [5.41, 5.74) is 5.50. The monoisotopic (exact) mass is 399 g/mol. The lowest BCUT2D eigenvalue weighted by Gasteiger charge is -2.14. The van der Waals surface area contributed by atoms with Crippen LogP contribution in [0.25, 0.3) is 10.9 Å². The van der Waals surface area contributed by atoms with Gasteiger partial charge in [-0.05, 0) is 43.5 Å². The molecular weight excluding hydrogens is 374 g/mol. The second-order valence-corrected chi connectivity index (χ2v) is 9.64. The van der Waals surface area contributed by atoms with Crippen molar-refractivity contribution < 1.29 is 4.79 Å². The Hall–Kier alpha value is -1.92. The largest absolute Gasteiger partial charge is 0.301 e. The lowest BCUT2D eigenvalue weighted by molar-refractivity contribution is -0.113. The first-order valence-electron chi connectivity index (χ1n) is 8.91. The summed E-state index contributed by atoms with van der Waals surface area (Å²) in [6, 6.07) is 6.37. The minimum Gasteiger partial charge on any atom is -0.301 e. The summed E-state index contributed by atoms with van der Waals surface area (Å²) in [5.74, 6) is 0.256. The number of rotatable bonds is 4. The van der Waals surface area contributed by atoms with Crippen molar-refractivity contribution in [2.45, 2.75) is 52.0 Å². The number of amides is 1. The summed E-state index contributed by atoms with van der Waals surface area (Å²) in [7, 11) is 0. The first kappa shape index (κ1) is 19.8. The Balaban J connectivity index is 1.71. The molecule has 0 aliphatic heterocycles. The Kier molecular flexibility index (Phi) is 5.58. The van der Waals surface area contributed by atoms with Crippen molar-refractivity contribution in [1.29, 1.82) is 0 Å². The van der Waals surface area contributed by atoms with E-state index < -0.39 is 0 Å². The second kappa shape index (κ2) is 7.60. The zero-order valence-electron chi connectivity index (χ0n) is 16.6. The van der Waals surface area contributed by atoms with Gasteiger partial charge in [-0.3, -0.25) is 4.79 Å². The maximum Gasteiger partial charge on any atom is 0.236 e. The van der Waals surface area contributed by atoms with Gasteiger partial charge in [0.25, 0.3) is 0 Å². The molecule has 0 fully saturated rings. The van der Waals surface area contributed by atoms with E-state index in [0.29, 0.717) is 10.9 Å². The molecule has 0 unspecified atom stereocenters. The van der Waals surface area contributed by atoms with E-state index in [-0.39, 0.29) is 11.3 Å². The number of nitrogens with one attached hydrogen (secondary N) is 1. The van der Waals surface area contributed by atoms with Gasteiger partial charge in [0.2, 0.25) is 5.91 Å². The van der Waals surface area contributed by atoms with Gasteiger partial charge in [-0.25, -0.2) is 9.97 Å². The zero-order chi connectivity index (χ0) is 19.8. The molecule has 1 aromatic carbocycles. The first-order chi connectivity index (χ1) is 12.6. The van der Waals surface area contributed by atoms with Crippen LogP contribution in [0.5, 0.6) is 0 Å². The number of thioether (sulfide) groups is 1. The number of hydrogen-bond acceptors (Lipinski definition) is 5. The van der Waals surface area contributed by atoms with Crippen molar-refractivity contribution in [1.82, 2.24) is 9.97 Å². The Labute approximate surface area is 168 Å². The molecule has 0 saturated carbocycles. The third kappa shape index (κ3) is 4.50. The van der Waals surface area contributed by atoms with Crippen LogP contribution in [0.2, 0.25) is 0 Å². The highest BCUT2D eigenvalue weighted by Crippen LogP contribution is 2.29. The molecule has 0 atom stereocenters. The van der Waals surface area contributed by atoms with E-state index in [1.807, 2.05) is 12.3 Å². The zero-order valence-corrected chi connectivity index (χ0v) is 18.3. The molecule has 3 rings (SSSR count). The van der Waals surface area contributed by atoms with E-state index in [4.69, 9.17) is 4.98 Å². The van der Waals surface area contributed by atoms with Gasteiger partial charge in [-0.2, -0.15) is 0 Å². The quantitative estimate of drug-likeness (QED) is 0.576. The van der Waals surface area contributed by atoms with Crippen LogP contribution in [0, 0.1) is 20.8 Å². The van der Waals surface area contributed by atoms with Crippen molar-refractivity contribution in [3.05, 3.63) is 46.0 Å². The van der Waals surface area contributed by atoms with Crippen LogP contribution in [-0.2, 0) is 10.2 Å². The van der Waals surface area contributed by atoms with Crippen molar-refractivity contribution in [2.75, 3.05) is 11.1 Å². The summed E-state index contributed by atoms with van der Waals surface area (Å²) in [5, 5.41) is 7.60. The number of pyridine rings is 1. The minimum atomic E-state index is -0.0583. The Morgan fingerprint density at radius 3 is 2.56 bits per heavy atom. The molecule has 0 saturated heterocycles. The number of aryl methyl sites for hydroxylation is 3. The summed E-state index contributed by atoms with van der Waals surface area (Å²) in [6.07, 6.45) is 0. The Morgan fingerprint density at radius 1 is 1.15 bits per heavy atom. The van der Waals surface area contributed by atoms with Gasteiger partial charge in [0.15, 0.2) is 5.13 Å². The topological polar surface area (TPSA) is 54.9 Å². The smallest absolute Gasteiger partial charge is 0.236 e. The predicted octanol–water partition coefficient (Wildman–Crippen LogP) is 5.64. The molecule has 142 valence electrons. The van der Waals surface area contributed by atoms with Crippen LogP contribution in [0.15, 0.2) is 28.6 Å². The number of hydrogen-bond donors (Lipinski definition) is 1. The van der Waals surface area contributed by atoms with Gasteiger partial charge >= 0.3 is 0 Å². The van der Waals surface area contributed by atoms with Gasteiger partial charge in [0.05, 0.1) is 17.0 Å². The molecule has 2 heterocycles. The SMILES string of the molecule is Cc1cc2ccc(C)c(C)c2nc1SCC(=O)Nc1nc(C(C)(C)C)cs1. The number of nitrogens with zero attached hydrogens (tertiary/aromatic N) is 2. The van der Waals surface area contributed by atoms with Crippen molar-refractivity contribution in [3.8, 4) is 0 Å². The fourth-order valence-electron chi connectivity index (χ4n) is 2.68. The summed E-state index contributed by atoms with van der Waals surface area (Å²) < 4.78 is 0. The second-order valence-electron chi connectivity index (χ2n) is 7.81. The van der Waals surface area contributed by atoms with Crippen LogP contribution < -0.4 is 5.32 Å². The summed E-state index contributed by atoms with van der Waals surface area (Å²) >= 11 is 2.94. The molecule has 0 spiro atoms. The molecule has 1 amide bonds. The standard InChI is InChI=1S/C21H25N3OS2/c1-12-7-8-15-9-13(2)19(24-18(15)14(12)3)26-11-17(25)23-20-22-16(10-27-20)21(4,5)6/h7-10H,11H2,1-6H3,(H,22,23,25). The summed E-state index contributed by atoms with van der Waals surface area (Å²) in [6.45, 7) is 12.6. The van der Waals surface area contributed by atoms with E-state index in [9.17, 15) is 4.79 Å². The van der Waals surface area contributed by atoms with Crippen LogP contribution in [0.3, 0.4) is 0 Å². The van der Waals surface area contributed by atoms with Gasteiger partial charge in [0, 0.05) is 16.2 Å². The van der Waals surface area contributed by atoms with Gasteiger partial charge < -0.3 is 5.32 Å². The maximum atomic E-state index is 12.3. The van der Waals surface area contributed by atoms with Crippen LogP contribution >= 0.6 is 23.1 Å². The van der Waals surface area contributed by atoms with E-state index >= 15 is 0 Å². The van der Waals surface area contributed by atoms with Gasteiger partial charge in [-0.15, -0.1) is 11.3 Å². The highest BCUT2D eigenvalue weighted by atomic mass is 32.2. The number of benzene rings is 1. The van der Waals surface area contributed by atoms with E-state index in [2.05, 4.69) is 63.1 Å². The molecule has 0 radical (unpaired) electrons. The fourth-order valence-corrected chi connectivity index (χ4v) is 4.42. The van der Waals surface area contributed by atoms with Crippen molar-refractivity contribution in [2.24, 2.45) is 0 Å². The molecule has 27 heavy (non-hydrogen) atoms. The third-order valence-electron chi connectivity index (χ3n) is 4.51. The maximum absolute atomic E-state index is 12.3. The molecule has 0 aliphatic carbocycles. The van der Waals surface area contributed by atoms with Gasteiger partial charge in [0.1, 0.15) is 5.03 Å². The number of carbonyl (C=O) groups is 1. The highest BCUT2D eigenvalue weighted by molar-refractivity contribution is 8.00. The fraction of sp³-hybridized carbons (Fsp3) is 0.381. The van der Waals surface area contributed by atoms with Crippen molar-refractivity contribution >= 4 is 45.0 Å². The lowest BCUT2D eigenvalue weighted by atomic mass is 9.93. The van der Waals surface area contributed by atoms with Crippen LogP contribution in [0.1, 0.15) is 43.2 Å². The van der Waals surface area contributed by atoms with Gasteiger partial charge in [-0.1, -0.05) is 44.7 Å². The summed E-state index contributed by atoms with van der Waals surface area (Å²) in [4.78, 5) is 21.7. The van der Waals surface area contributed by atoms with Crippen molar-refractivity contribution in [3.63, 3.8) is 0 Å². The average Bonchev–Trinajstić information content (AvgIpc) is 3.06. The van der Waals surface area contributed by atoms with Crippen LogP contribution in [-0.4, -0.2) is 21.6 Å². The third-order valence-corrected chi connectivity index (χ3v) is 6.37. The first-order valence-corrected chi connectivity index (χ1v) is 10.8. The number of thiazole rings is 1. The molecule has 4 nitrogen and oxygen atoms in total. The van der Waals surface area contributed by atoms with E-state index in [0.717, 1.165) is 27.2 Å². The normalized spacial score (nSPS) is 11.8. The molecule has 0 aliphatic rings. The molecule has 6 heteroatoms. The number of aromatic nitrogens is 2. The minimum absolute atomic E-state index is 0.0175. The van der Waals surface area contributed by atoms with E-state index in [1.54, 1.807) is 0 Å². The molecule has 2 aromatic heterocycles.